The maximum absolute atomic E-state index is 5.03. The SMILES string of the molecule is C=C1C=CC=CC1=N/C(=C(\C)c1ccc2ccccc2c1)c1ccc(C)cc1. The van der Waals surface area contributed by atoms with Crippen LogP contribution in [0, 0.1) is 6.92 Å². The summed E-state index contributed by atoms with van der Waals surface area (Å²) in [7, 11) is 0. The molecule has 3 aromatic rings. The highest BCUT2D eigenvalue weighted by molar-refractivity contribution is 6.14. The summed E-state index contributed by atoms with van der Waals surface area (Å²) in [4.78, 5) is 5.03. The quantitative estimate of drug-likeness (QED) is 0.439. The first-order chi connectivity index (χ1) is 13.6. The minimum Gasteiger partial charge on any atom is -0.248 e. The molecule has 1 heteroatoms. The van der Waals surface area contributed by atoms with Gasteiger partial charge in [0, 0.05) is 5.56 Å². The molecule has 0 fully saturated rings. The number of nitrogens with zero attached hydrogens (tertiary/aromatic N) is 1. The number of hydrogen-bond donors (Lipinski definition) is 0. The summed E-state index contributed by atoms with van der Waals surface area (Å²) in [6.07, 6.45) is 8.01. The lowest BCUT2D eigenvalue weighted by molar-refractivity contribution is 1.42. The van der Waals surface area contributed by atoms with Gasteiger partial charge in [0.05, 0.1) is 11.4 Å². The number of benzene rings is 3. The van der Waals surface area contributed by atoms with Crippen LogP contribution in [0.5, 0.6) is 0 Å². The molecule has 0 amide bonds. The van der Waals surface area contributed by atoms with Crippen molar-refractivity contribution in [3.8, 4) is 0 Å². The molecular formula is C27H23N. The predicted octanol–water partition coefficient (Wildman–Crippen LogP) is 7.16. The maximum Gasteiger partial charge on any atom is 0.0744 e. The third-order valence-corrected chi connectivity index (χ3v) is 5.09. The van der Waals surface area contributed by atoms with E-state index in [1.807, 2.05) is 24.3 Å². The molecule has 136 valence electrons. The molecule has 4 rings (SSSR count). The molecule has 3 aromatic carbocycles. The Morgan fingerprint density at radius 1 is 0.786 bits per heavy atom. The van der Waals surface area contributed by atoms with Crippen molar-refractivity contribution in [3.63, 3.8) is 0 Å². The van der Waals surface area contributed by atoms with Crippen LogP contribution < -0.4 is 0 Å². The fourth-order valence-corrected chi connectivity index (χ4v) is 3.38. The fraction of sp³-hybridized carbons (Fsp3) is 0.0741. The number of allylic oxidation sites excluding steroid dienone is 6. The zero-order chi connectivity index (χ0) is 19.5. The van der Waals surface area contributed by atoms with Crippen LogP contribution in [-0.4, -0.2) is 5.71 Å². The molecule has 1 aliphatic carbocycles. The molecule has 28 heavy (non-hydrogen) atoms. The second-order valence-electron chi connectivity index (χ2n) is 7.14. The van der Waals surface area contributed by atoms with Crippen molar-refractivity contribution in [2.24, 2.45) is 4.99 Å². The normalized spacial score (nSPS) is 15.9. The van der Waals surface area contributed by atoms with E-state index in [1.54, 1.807) is 0 Å². The van der Waals surface area contributed by atoms with Crippen LogP contribution >= 0.6 is 0 Å². The summed E-state index contributed by atoms with van der Waals surface area (Å²) in [5.41, 5.74) is 7.49. The molecule has 0 heterocycles. The summed E-state index contributed by atoms with van der Waals surface area (Å²) in [6.45, 7) is 8.39. The van der Waals surface area contributed by atoms with Crippen molar-refractivity contribution in [1.29, 1.82) is 0 Å². The van der Waals surface area contributed by atoms with Gasteiger partial charge >= 0.3 is 0 Å². The maximum atomic E-state index is 5.03. The number of aryl methyl sites for hydroxylation is 1. The number of aliphatic imine (C=N–C) groups is 1. The highest BCUT2D eigenvalue weighted by atomic mass is 14.8. The molecule has 0 atom stereocenters. The van der Waals surface area contributed by atoms with Crippen molar-refractivity contribution in [2.75, 3.05) is 0 Å². The second-order valence-corrected chi connectivity index (χ2v) is 7.14. The minimum absolute atomic E-state index is 0.901. The van der Waals surface area contributed by atoms with E-state index in [1.165, 1.54) is 21.9 Å². The lowest BCUT2D eigenvalue weighted by Gasteiger charge is -2.13. The van der Waals surface area contributed by atoms with E-state index in [0.717, 1.165) is 28.1 Å². The molecule has 1 aliphatic rings. The summed E-state index contributed by atoms with van der Waals surface area (Å²) in [5.74, 6) is 0. The van der Waals surface area contributed by atoms with Gasteiger partial charge in [-0.2, -0.15) is 0 Å². The van der Waals surface area contributed by atoms with E-state index in [2.05, 4.69) is 87.2 Å². The van der Waals surface area contributed by atoms with E-state index in [9.17, 15) is 0 Å². The van der Waals surface area contributed by atoms with Gasteiger partial charge in [0.15, 0.2) is 0 Å². The van der Waals surface area contributed by atoms with Gasteiger partial charge in [-0.25, -0.2) is 4.99 Å². The van der Waals surface area contributed by atoms with E-state index in [4.69, 9.17) is 4.99 Å². The van der Waals surface area contributed by atoms with Crippen LogP contribution in [0.2, 0.25) is 0 Å². The highest BCUT2D eigenvalue weighted by Crippen LogP contribution is 2.30. The van der Waals surface area contributed by atoms with Gasteiger partial charge in [0.25, 0.3) is 0 Å². The van der Waals surface area contributed by atoms with E-state index < -0.39 is 0 Å². The number of rotatable bonds is 3. The zero-order valence-electron chi connectivity index (χ0n) is 16.3. The molecular weight excluding hydrogens is 338 g/mol. The number of fused-ring (bicyclic) bond motifs is 1. The first-order valence-corrected chi connectivity index (χ1v) is 9.51. The molecule has 0 saturated carbocycles. The Morgan fingerprint density at radius 2 is 1.46 bits per heavy atom. The largest absolute Gasteiger partial charge is 0.248 e. The summed E-state index contributed by atoms with van der Waals surface area (Å²) in [5, 5.41) is 2.48. The molecule has 1 nitrogen and oxygen atoms in total. The Bertz CT molecular complexity index is 1170. The van der Waals surface area contributed by atoms with E-state index in [0.29, 0.717) is 0 Å². The smallest absolute Gasteiger partial charge is 0.0744 e. The van der Waals surface area contributed by atoms with Crippen LogP contribution in [-0.2, 0) is 0 Å². The van der Waals surface area contributed by atoms with Crippen LogP contribution in [0.25, 0.3) is 22.0 Å². The Labute approximate surface area is 166 Å². The molecule has 0 bridgehead atoms. The minimum atomic E-state index is 0.901. The van der Waals surface area contributed by atoms with Crippen molar-refractivity contribution < 1.29 is 0 Å². The van der Waals surface area contributed by atoms with Gasteiger partial charge < -0.3 is 0 Å². The van der Waals surface area contributed by atoms with Crippen molar-refractivity contribution >= 4 is 27.8 Å². The fourth-order valence-electron chi connectivity index (χ4n) is 3.38. The molecule has 0 unspecified atom stereocenters. The van der Waals surface area contributed by atoms with Gasteiger partial charge in [-0.15, -0.1) is 0 Å². The van der Waals surface area contributed by atoms with E-state index in [-0.39, 0.29) is 0 Å². The molecule has 0 N–H and O–H groups in total. The monoisotopic (exact) mass is 361 g/mol. The molecule has 0 radical (unpaired) electrons. The van der Waals surface area contributed by atoms with Gasteiger partial charge in [-0.05, 0) is 53.5 Å². The highest BCUT2D eigenvalue weighted by Gasteiger charge is 2.11. The molecule has 0 spiro atoms. The Hall–Kier alpha value is -3.45. The van der Waals surface area contributed by atoms with E-state index >= 15 is 0 Å². The zero-order valence-corrected chi connectivity index (χ0v) is 16.3. The predicted molar refractivity (Wildman–Crippen MR) is 122 cm³/mol. The van der Waals surface area contributed by atoms with Gasteiger partial charge in [-0.1, -0.05) is 91.0 Å². The van der Waals surface area contributed by atoms with Crippen molar-refractivity contribution in [3.05, 3.63) is 120 Å². The first-order valence-electron chi connectivity index (χ1n) is 9.51. The Morgan fingerprint density at radius 3 is 2.21 bits per heavy atom. The van der Waals surface area contributed by atoms with Crippen LogP contribution in [0.3, 0.4) is 0 Å². The second kappa shape index (κ2) is 7.66. The van der Waals surface area contributed by atoms with Crippen molar-refractivity contribution in [2.45, 2.75) is 13.8 Å². The topological polar surface area (TPSA) is 12.4 Å². The van der Waals surface area contributed by atoms with Crippen LogP contribution in [0.1, 0.15) is 23.6 Å². The average Bonchev–Trinajstić information content (AvgIpc) is 2.73. The lowest BCUT2D eigenvalue weighted by Crippen LogP contribution is -2.00. The summed E-state index contributed by atoms with van der Waals surface area (Å²) >= 11 is 0. The Kier molecular flexibility index (Phi) is 4.90. The van der Waals surface area contributed by atoms with Crippen LogP contribution in [0.4, 0.5) is 0 Å². The molecule has 0 saturated heterocycles. The summed E-state index contributed by atoms with van der Waals surface area (Å²) in [6, 6.07) is 23.6. The van der Waals surface area contributed by atoms with Crippen molar-refractivity contribution in [1.82, 2.24) is 0 Å². The third kappa shape index (κ3) is 3.65. The molecule has 0 aliphatic heterocycles. The Balaban J connectivity index is 1.90. The van der Waals surface area contributed by atoms with Crippen LogP contribution in [0.15, 0.2) is 108 Å². The third-order valence-electron chi connectivity index (χ3n) is 5.09. The number of hydrogen-bond acceptors (Lipinski definition) is 1. The molecule has 0 aromatic heterocycles. The standard InChI is InChI=1S/C27H23N/c1-19-12-14-23(15-13-19)27(28-26-11-7-4-8-20(26)2)21(3)24-17-16-22-9-5-6-10-25(22)18-24/h4-18H,2H2,1,3H3/b27-21+,28-26?. The lowest BCUT2D eigenvalue weighted by atomic mass is 9.97. The summed E-state index contributed by atoms with van der Waals surface area (Å²) < 4.78 is 0. The van der Waals surface area contributed by atoms with Gasteiger partial charge in [0.1, 0.15) is 0 Å². The average molecular weight is 361 g/mol. The van der Waals surface area contributed by atoms with Gasteiger partial charge in [0.2, 0.25) is 0 Å². The van der Waals surface area contributed by atoms with Gasteiger partial charge in [-0.3, -0.25) is 0 Å². The first kappa shape index (κ1) is 17.9.